The van der Waals surface area contributed by atoms with Crippen molar-refractivity contribution in [2.75, 3.05) is 26.4 Å². The van der Waals surface area contributed by atoms with Crippen molar-refractivity contribution in [3.8, 4) is 0 Å². The summed E-state index contributed by atoms with van der Waals surface area (Å²) >= 11 is 0. The molecule has 0 atom stereocenters. The van der Waals surface area contributed by atoms with Gasteiger partial charge in [0.1, 0.15) is 0 Å². The van der Waals surface area contributed by atoms with E-state index < -0.39 is 16.9 Å². The summed E-state index contributed by atoms with van der Waals surface area (Å²) in [6, 6.07) is 0. The van der Waals surface area contributed by atoms with E-state index in [0.29, 0.717) is 12.8 Å². The summed E-state index contributed by atoms with van der Waals surface area (Å²) in [6.45, 7) is 0.521. The lowest BCUT2D eigenvalue weighted by atomic mass is 9.57. The van der Waals surface area contributed by atoms with E-state index in [1.165, 1.54) is 0 Å². The molecule has 5 N–H and O–H groups in total. The van der Waals surface area contributed by atoms with Crippen molar-refractivity contribution >= 4 is 0 Å². The van der Waals surface area contributed by atoms with Crippen molar-refractivity contribution < 1.29 is 25.5 Å². The maximum atomic E-state index is 10.2. The van der Waals surface area contributed by atoms with Gasteiger partial charge in [-0.05, 0) is 18.8 Å². The smallest absolute Gasteiger partial charge is 0.0740 e. The van der Waals surface area contributed by atoms with Crippen molar-refractivity contribution in [2.45, 2.75) is 25.9 Å². The Balaban J connectivity index is 3.06. The van der Waals surface area contributed by atoms with Crippen molar-refractivity contribution in [3.63, 3.8) is 0 Å². The van der Waals surface area contributed by atoms with E-state index in [1.807, 2.05) is 6.92 Å². The summed E-state index contributed by atoms with van der Waals surface area (Å²) in [5, 5.41) is 47.7. The van der Waals surface area contributed by atoms with E-state index in [2.05, 4.69) is 0 Å². The predicted octanol–water partition coefficient (Wildman–Crippen LogP) is -1.28. The molecule has 1 aliphatic rings. The maximum Gasteiger partial charge on any atom is 0.0740 e. The summed E-state index contributed by atoms with van der Waals surface area (Å²) in [6.07, 6.45) is -0.118. The molecule has 1 aliphatic carbocycles. The molecule has 0 unspecified atom stereocenters. The molecule has 1 fully saturated rings. The largest absolute Gasteiger partial charge is 0.396 e. The van der Waals surface area contributed by atoms with Gasteiger partial charge in [0.2, 0.25) is 0 Å². The molecule has 16 heavy (non-hydrogen) atoms. The van der Waals surface area contributed by atoms with Gasteiger partial charge < -0.3 is 25.5 Å². The van der Waals surface area contributed by atoms with E-state index in [1.54, 1.807) is 0 Å². The minimum Gasteiger partial charge on any atom is -0.396 e. The Morgan fingerprint density at radius 2 is 1.19 bits per heavy atom. The topological polar surface area (TPSA) is 101 Å². The summed E-state index contributed by atoms with van der Waals surface area (Å²) in [4.78, 5) is 0. The van der Waals surface area contributed by atoms with Crippen LogP contribution in [0.2, 0.25) is 0 Å². The quantitative estimate of drug-likeness (QED) is 0.417. The normalized spacial score (nSPS) is 32.6. The third kappa shape index (κ3) is 1.98. The first-order valence-corrected chi connectivity index (χ1v) is 5.62. The summed E-state index contributed by atoms with van der Waals surface area (Å²) in [7, 11) is 0. The zero-order chi connectivity index (χ0) is 12.4. The second-order valence-corrected chi connectivity index (χ2v) is 5.27. The highest BCUT2D eigenvalue weighted by Gasteiger charge is 2.54. The number of aliphatic hydroxyl groups is 5. The molecule has 0 aromatic heterocycles. The van der Waals surface area contributed by atoms with Crippen LogP contribution in [-0.4, -0.2) is 58.1 Å². The number of aliphatic hydroxyl groups excluding tert-OH is 5. The van der Waals surface area contributed by atoms with Gasteiger partial charge in [-0.25, -0.2) is 0 Å². The van der Waals surface area contributed by atoms with Crippen LogP contribution in [0.4, 0.5) is 0 Å². The molecule has 96 valence electrons. The third-order valence-corrected chi connectivity index (χ3v) is 3.93. The van der Waals surface area contributed by atoms with Crippen molar-refractivity contribution in [3.05, 3.63) is 0 Å². The molecule has 0 saturated heterocycles. The first-order valence-electron chi connectivity index (χ1n) is 5.62. The van der Waals surface area contributed by atoms with Gasteiger partial charge >= 0.3 is 0 Å². The van der Waals surface area contributed by atoms with Crippen LogP contribution in [0, 0.1) is 16.7 Å². The second kappa shape index (κ2) is 4.98. The number of rotatable bonds is 4. The summed E-state index contributed by atoms with van der Waals surface area (Å²) in [5.74, 6) is 0.127. The standard InChI is InChI=1S/C11H22O5/c1-8-2-10(4-12,5-13)9(16)11(3-8,6-14)7-15/h8-9,12-16H,2-7H2,1H3. The fourth-order valence-electron chi connectivity index (χ4n) is 3.04. The minimum atomic E-state index is -1.10. The Bertz CT molecular complexity index is 200. The van der Waals surface area contributed by atoms with Gasteiger partial charge in [0.25, 0.3) is 0 Å². The predicted molar refractivity (Wildman–Crippen MR) is 57.6 cm³/mol. The van der Waals surface area contributed by atoms with Gasteiger partial charge in [-0.2, -0.15) is 0 Å². The van der Waals surface area contributed by atoms with Crippen LogP contribution in [0.3, 0.4) is 0 Å². The number of hydrogen-bond acceptors (Lipinski definition) is 5. The Kier molecular flexibility index (Phi) is 4.31. The summed E-state index contributed by atoms with van der Waals surface area (Å²) < 4.78 is 0. The van der Waals surface area contributed by atoms with Gasteiger partial charge in [0.05, 0.1) is 32.5 Å². The molecule has 0 bridgehead atoms. The fraction of sp³-hybridized carbons (Fsp3) is 1.00. The van der Waals surface area contributed by atoms with E-state index in [9.17, 15) is 25.5 Å². The van der Waals surface area contributed by atoms with Crippen LogP contribution in [-0.2, 0) is 0 Å². The second-order valence-electron chi connectivity index (χ2n) is 5.27. The average Bonchev–Trinajstić information content (AvgIpc) is 2.32. The van der Waals surface area contributed by atoms with E-state index in [0.717, 1.165) is 0 Å². The summed E-state index contributed by atoms with van der Waals surface area (Å²) in [5.41, 5.74) is -2.05. The molecule has 1 rings (SSSR count). The fourth-order valence-corrected chi connectivity index (χ4v) is 3.04. The van der Waals surface area contributed by atoms with Gasteiger partial charge in [-0.3, -0.25) is 0 Å². The van der Waals surface area contributed by atoms with Gasteiger partial charge in [-0.1, -0.05) is 6.92 Å². The molecule has 5 nitrogen and oxygen atoms in total. The van der Waals surface area contributed by atoms with E-state index in [-0.39, 0.29) is 32.3 Å². The Labute approximate surface area is 95.4 Å². The Morgan fingerprint density at radius 1 is 0.875 bits per heavy atom. The minimum absolute atomic E-state index is 0.127. The molecule has 0 heterocycles. The van der Waals surface area contributed by atoms with Crippen LogP contribution in [0.15, 0.2) is 0 Å². The third-order valence-electron chi connectivity index (χ3n) is 3.93. The molecular formula is C11H22O5. The Morgan fingerprint density at radius 3 is 1.44 bits per heavy atom. The molecule has 0 radical (unpaired) electrons. The lowest BCUT2D eigenvalue weighted by Gasteiger charge is -2.51. The average molecular weight is 234 g/mol. The van der Waals surface area contributed by atoms with Gasteiger partial charge in [0.15, 0.2) is 0 Å². The highest BCUT2D eigenvalue weighted by molar-refractivity contribution is 5.03. The lowest BCUT2D eigenvalue weighted by molar-refractivity contribution is -0.185. The number of hydrogen-bond donors (Lipinski definition) is 5. The van der Waals surface area contributed by atoms with Crippen LogP contribution in [0.25, 0.3) is 0 Å². The maximum absolute atomic E-state index is 10.2. The molecule has 0 amide bonds. The molecule has 5 heteroatoms. The van der Waals surface area contributed by atoms with Crippen LogP contribution in [0.5, 0.6) is 0 Å². The van der Waals surface area contributed by atoms with Gasteiger partial charge in [0, 0.05) is 10.8 Å². The molecule has 0 aromatic rings. The zero-order valence-corrected chi connectivity index (χ0v) is 9.63. The highest BCUT2D eigenvalue weighted by atomic mass is 16.3. The first-order chi connectivity index (χ1) is 7.50. The lowest BCUT2D eigenvalue weighted by Crippen LogP contribution is -2.59. The van der Waals surface area contributed by atoms with Crippen molar-refractivity contribution in [1.82, 2.24) is 0 Å². The Hall–Kier alpha value is -0.200. The highest BCUT2D eigenvalue weighted by Crippen LogP contribution is 2.48. The molecule has 1 saturated carbocycles. The molecular weight excluding hydrogens is 212 g/mol. The molecule has 0 spiro atoms. The molecule has 0 aliphatic heterocycles. The van der Waals surface area contributed by atoms with Crippen molar-refractivity contribution in [1.29, 1.82) is 0 Å². The van der Waals surface area contributed by atoms with Crippen LogP contribution in [0.1, 0.15) is 19.8 Å². The first kappa shape index (κ1) is 13.9. The van der Waals surface area contributed by atoms with E-state index in [4.69, 9.17) is 0 Å². The van der Waals surface area contributed by atoms with Gasteiger partial charge in [-0.15, -0.1) is 0 Å². The van der Waals surface area contributed by atoms with Crippen LogP contribution >= 0.6 is 0 Å². The van der Waals surface area contributed by atoms with E-state index >= 15 is 0 Å². The van der Waals surface area contributed by atoms with Crippen molar-refractivity contribution in [2.24, 2.45) is 16.7 Å². The monoisotopic (exact) mass is 234 g/mol. The zero-order valence-electron chi connectivity index (χ0n) is 9.63. The molecule has 0 aromatic carbocycles. The van der Waals surface area contributed by atoms with Crippen LogP contribution < -0.4 is 0 Å². The SMILES string of the molecule is CC1CC(CO)(CO)C(O)C(CO)(CO)C1.